The van der Waals surface area contributed by atoms with Crippen molar-refractivity contribution in [2.75, 3.05) is 13.1 Å². The molecule has 1 aliphatic heterocycles. The Morgan fingerprint density at radius 2 is 2.14 bits per heavy atom. The maximum atomic E-state index is 12.5. The largest absolute Gasteiger partial charge is 0.369 e. The molecule has 1 aliphatic rings. The van der Waals surface area contributed by atoms with E-state index in [9.17, 15) is 9.59 Å². The van der Waals surface area contributed by atoms with Gasteiger partial charge in [0.1, 0.15) is 0 Å². The first-order valence-electron chi connectivity index (χ1n) is 7.17. The van der Waals surface area contributed by atoms with Crippen LogP contribution in [-0.2, 0) is 16.0 Å². The zero-order chi connectivity index (χ0) is 14.8. The highest BCUT2D eigenvalue weighted by Gasteiger charge is 2.27. The Bertz CT molecular complexity index is 680. The first-order chi connectivity index (χ1) is 10.1. The highest BCUT2D eigenvalue weighted by molar-refractivity contribution is 7.17. The Morgan fingerprint density at radius 3 is 2.95 bits per heavy atom. The van der Waals surface area contributed by atoms with Gasteiger partial charge in [-0.3, -0.25) is 9.59 Å². The SMILES string of the molecule is NC(=O)C1CCCN(C(=O)Cc2csc3ccccc23)C1. The quantitative estimate of drug-likeness (QED) is 0.944. The maximum Gasteiger partial charge on any atom is 0.227 e. The number of piperidine rings is 1. The Balaban J connectivity index is 1.72. The van der Waals surface area contributed by atoms with E-state index < -0.39 is 0 Å². The van der Waals surface area contributed by atoms with E-state index in [1.54, 1.807) is 16.2 Å². The van der Waals surface area contributed by atoms with Crippen LogP contribution in [-0.4, -0.2) is 29.8 Å². The summed E-state index contributed by atoms with van der Waals surface area (Å²) in [5.74, 6) is -0.403. The third-order valence-corrected chi connectivity index (χ3v) is 5.09. The van der Waals surface area contributed by atoms with Crippen LogP contribution in [0.15, 0.2) is 29.6 Å². The van der Waals surface area contributed by atoms with E-state index in [1.807, 2.05) is 12.1 Å². The minimum atomic E-state index is -0.298. The zero-order valence-electron chi connectivity index (χ0n) is 11.7. The maximum absolute atomic E-state index is 12.5. The van der Waals surface area contributed by atoms with Gasteiger partial charge in [0.05, 0.1) is 12.3 Å². The average molecular weight is 302 g/mol. The number of hydrogen-bond acceptors (Lipinski definition) is 3. The van der Waals surface area contributed by atoms with Gasteiger partial charge in [-0.25, -0.2) is 0 Å². The summed E-state index contributed by atoms with van der Waals surface area (Å²) in [5, 5.41) is 3.21. The molecule has 2 amide bonds. The molecule has 2 aromatic rings. The van der Waals surface area contributed by atoms with Gasteiger partial charge in [-0.15, -0.1) is 11.3 Å². The van der Waals surface area contributed by atoms with Crippen molar-refractivity contribution in [3.8, 4) is 0 Å². The smallest absolute Gasteiger partial charge is 0.227 e. The number of rotatable bonds is 3. The number of amides is 2. The summed E-state index contributed by atoms with van der Waals surface area (Å²) in [5.41, 5.74) is 6.44. The lowest BCUT2D eigenvalue weighted by Gasteiger charge is -2.31. The highest BCUT2D eigenvalue weighted by Crippen LogP contribution is 2.27. The van der Waals surface area contributed by atoms with Crippen molar-refractivity contribution in [2.24, 2.45) is 11.7 Å². The number of carbonyl (C=O) groups is 2. The zero-order valence-corrected chi connectivity index (χ0v) is 12.6. The van der Waals surface area contributed by atoms with Crippen molar-refractivity contribution in [2.45, 2.75) is 19.3 Å². The number of primary amides is 1. The topological polar surface area (TPSA) is 63.4 Å². The molecule has 1 fully saturated rings. The lowest BCUT2D eigenvalue weighted by Crippen LogP contribution is -2.44. The molecule has 0 aliphatic carbocycles. The number of likely N-dealkylation sites (tertiary alicyclic amines) is 1. The van der Waals surface area contributed by atoms with Crippen LogP contribution in [0.3, 0.4) is 0 Å². The van der Waals surface area contributed by atoms with Gasteiger partial charge in [0.2, 0.25) is 11.8 Å². The van der Waals surface area contributed by atoms with E-state index in [4.69, 9.17) is 5.73 Å². The molecule has 0 bridgehead atoms. The molecule has 1 saturated heterocycles. The standard InChI is InChI=1S/C16H18N2O2S/c17-16(20)11-4-3-7-18(9-11)15(19)8-12-10-21-14-6-2-1-5-13(12)14/h1-2,5-6,10-11H,3-4,7-9H2,(H2,17,20). The summed E-state index contributed by atoms with van der Waals surface area (Å²) >= 11 is 1.66. The fourth-order valence-electron chi connectivity index (χ4n) is 2.88. The van der Waals surface area contributed by atoms with E-state index in [0.717, 1.165) is 30.3 Å². The summed E-state index contributed by atoms with van der Waals surface area (Å²) < 4.78 is 1.20. The molecule has 0 saturated carbocycles. The minimum absolute atomic E-state index is 0.0875. The van der Waals surface area contributed by atoms with Gasteiger partial charge in [-0.05, 0) is 35.2 Å². The van der Waals surface area contributed by atoms with Crippen LogP contribution in [0.1, 0.15) is 18.4 Å². The number of benzene rings is 1. The molecule has 21 heavy (non-hydrogen) atoms. The van der Waals surface area contributed by atoms with Gasteiger partial charge in [0.15, 0.2) is 0 Å². The number of hydrogen-bond donors (Lipinski definition) is 1. The molecule has 110 valence electrons. The van der Waals surface area contributed by atoms with E-state index in [0.29, 0.717) is 13.0 Å². The second-order valence-electron chi connectivity index (χ2n) is 5.52. The number of carbonyl (C=O) groups excluding carboxylic acids is 2. The van der Waals surface area contributed by atoms with Gasteiger partial charge in [-0.1, -0.05) is 18.2 Å². The van der Waals surface area contributed by atoms with Crippen molar-refractivity contribution in [1.82, 2.24) is 4.90 Å². The summed E-state index contributed by atoms with van der Waals surface area (Å²) in [6.45, 7) is 1.20. The molecule has 4 nitrogen and oxygen atoms in total. The van der Waals surface area contributed by atoms with Crippen LogP contribution in [0.5, 0.6) is 0 Å². The van der Waals surface area contributed by atoms with Crippen molar-refractivity contribution in [1.29, 1.82) is 0 Å². The summed E-state index contributed by atoms with van der Waals surface area (Å²) in [6, 6.07) is 8.12. The Labute approximate surface area is 127 Å². The Morgan fingerprint density at radius 1 is 1.33 bits per heavy atom. The number of fused-ring (bicyclic) bond motifs is 1. The molecule has 2 N–H and O–H groups in total. The summed E-state index contributed by atoms with van der Waals surface area (Å²) in [7, 11) is 0. The third-order valence-electron chi connectivity index (χ3n) is 4.08. The summed E-state index contributed by atoms with van der Waals surface area (Å²) in [4.78, 5) is 25.5. The number of thiophene rings is 1. The fraction of sp³-hybridized carbons (Fsp3) is 0.375. The Kier molecular flexibility index (Phi) is 3.92. The number of nitrogens with two attached hydrogens (primary N) is 1. The fourth-order valence-corrected chi connectivity index (χ4v) is 3.84. The van der Waals surface area contributed by atoms with Crippen molar-refractivity contribution in [3.63, 3.8) is 0 Å². The lowest BCUT2D eigenvalue weighted by molar-refractivity contribution is -0.134. The van der Waals surface area contributed by atoms with E-state index in [-0.39, 0.29) is 17.7 Å². The molecule has 1 aromatic heterocycles. The third kappa shape index (κ3) is 2.93. The van der Waals surface area contributed by atoms with Crippen LogP contribution < -0.4 is 5.73 Å². The van der Waals surface area contributed by atoms with Gasteiger partial charge in [0, 0.05) is 17.8 Å². The number of nitrogens with zero attached hydrogens (tertiary/aromatic N) is 1. The molecule has 0 radical (unpaired) electrons. The monoisotopic (exact) mass is 302 g/mol. The van der Waals surface area contributed by atoms with Crippen molar-refractivity contribution < 1.29 is 9.59 Å². The van der Waals surface area contributed by atoms with Gasteiger partial charge >= 0.3 is 0 Å². The molecule has 5 heteroatoms. The summed E-state index contributed by atoms with van der Waals surface area (Å²) in [6.07, 6.45) is 2.04. The van der Waals surface area contributed by atoms with Gasteiger partial charge in [-0.2, -0.15) is 0 Å². The second kappa shape index (κ2) is 5.85. The van der Waals surface area contributed by atoms with E-state index in [1.165, 1.54) is 4.70 Å². The molecular formula is C16H18N2O2S. The van der Waals surface area contributed by atoms with Crippen LogP contribution in [0, 0.1) is 5.92 Å². The second-order valence-corrected chi connectivity index (χ2v) is 6.43. The van der Waals surface area contributed by atoms with Crippen molar-refractivity contribution in [3.05, 3.63) is 35.2 Å². The predicted molar refractivity (Wildman–Crippen MR) is 84.0 cm³/mol. The van der Waals surface area contributed by atoms with Crippen LogP contribution in [0.2, 0.25) is 0 Å². The lowest BCUT2D eigenvalue weighted by atomic mass is 9.97. The van der Waals surface area contributed by atoms with E-state index >= 15 is 0 Å². The normalized spacial score (nSPS) is 18.9. The van der Waals surface area contributed by atoms with Crippen molar-refractivity contribution >= 4 is 33.2 Å². The average Bonchev–Trinajstić information content (AvgIpc) is 2.91. The van der Waals surface area contributed by atoms with Gasteiger partial charge < -0.3 is 10.6 Å². The molecule has 3 rings (SSSR count). The van der Waals surface area contributed by atoms with Crippen LogP contribution >= 0.6 is 11.3 Å². The predicted octanol–water partition coefficient (Wildman–Crippen LogP) is 2.17. The molecule has 1 unspecified atom stereocenters. The Hall–Kier alpha value is -1.88. The molecule has 0 spiro atoms. The first-order valence-corrected chi connectivity index (χ1v) is 8.05. The highest BCUT2D eigenvalue weighted by atomic mass is 32.1. The molecule has 2 heterocycles. The van der Waals surface area contributed by atoms with Crippen LogP contribution in [0.25, 0.3) is 10.1 Å². The first kappa shape index (κ1) is 14.1. The molecule has 1 atom stereocenters. The molecule has 1 aromatic carbocycles. The minimum Gasteiger partial charge on any atom is -0.369 e. The van der Waals surface area contributed by atoms with Crippen LogP contribution in [0.4, 0.5) is 0 Å². The molecular weight excluding hydrogens is 284 g/mol. The van der Waals surface area contributed by atoms with E-state index in [2.05, 4.69) is 17.5 Å². The van der Waals surface area contributed by atoms with Gasteiger partial charge in [0.25, 0.3) is 0 Å².